The lowest BCUT2D eigenvalue weighted by Crippen LogP contribution is -2.45. The van der Waals surface area contributed by atoms with Crippen LogP contribution in [0.4, 0.5) is 5.69 Å². The minimum Gasteiger partial charge on any atom is -0.374 e. The van der Waals surface area contributed by atoms with E-state index in [1.165, 1.54) is 44.1 Å². The fourth-order valence-corrected chi connectivity index (χ4v) is 7.88. The third kappa shape index (κ3) is 7.25. The molecule has 7 nitrogen and oxygen atoms in total. The highest BCUT2D eigenvalue weighted by Crippen LogP contribution is 2.34. The lowest BCUT2D eigenvalue weighted by atomic mass is 10.1. The summed E-state index contributed by atoms with van der Waals surface area (Å²) >= 11 is 12.4. The van der Waals surface area contributed by atoms with Gasteiger partial charge in [-0.3, -0.25) is 9.47 Å². The van der Waals surface area contributed by atoms with E-state index in [2.05, 4.69) is 26.6 Å². The molecule has 224 valence electrons. The number of anilines is 1. The second kappa shape index (κ2) is 14.3. The van der Waals surface area contributed by atoms with E-state index in [1.54, 1.807) is 0 Å². The molecule has 1 aliphatic carbocycles. The van der Waals surface area contributed by atoms with E-state index in [0.29, 0.717) is 28.8 Å². The number of aromatic nitrogens is 1. The van der Waals surface area contributed by atoms with Crippen LogP contribution in [0.25, 0.3) is 10.9 Å². The van der Waals surface area contributed by atoms with Gasteiger partial charge in [-0.1, -0.05) is 57.5 Å². The lowest BCUT2D eigenvalue weighted by molar-refractivity contribution is -0.118. The summed E-state index contributed by atoms with van der Waals surface area (Å²) in [6, 6.07) is 14.0. The zero-order valence-electron chi connectivity index (χ0n) is 23.9. The topological polar surface area (TPSA) is 62.9 Å². The van der Waals surface area contributed by atoms with E-state index in [9.17, 15) is 5.26 Å². The Labute approximate surface area is 260 Å². The van der Waals surface area contributed by atoms with Crippen LogP contribution in [0.2, 0.25) is 10.0 Å². The molecule has 6 rings (SSSR count). The second-order valence-electron chi connectivity index (χ2n) is 11.6. The summed E-state index contributed by atoms with van der Waals surface area (Å²) in [4.78, 5) is 4.80. The molecule has 1 saturated carbocycles. The Morgan fingerprint density at radius 1 is 0.976 bits per heavy atom. The van der Waals surface area contributed by atoms with Crippen LogP contribution in [0, 0.1) is 11.3 Å². The van der Waals surface area contributed by atoms with Crippen molar-refractivity contribution in [2.24, 2.45) is 0 Å². The van der Waals surface area contributed by atoms with Crippen LogP contribution in [0.15, 0.2) is 42.6 Å². The van der Waals surface area contributed by atoms with Crippen molar-refractivity contribution in [3.8, 4) is 6.07 Å². The number of benzene rings is 2. The molecular weight excluding hydrogens is 590 g/mol. The van der Waals surface area contributed by atoms with Gasteiger partial charge >= 0.3 is 0 Å². The average Bonchev–Trinajstić information content (AvgIpc) is 3.52. The summed E-state index contributed by atoms with van der Waals surface area (Å²) in [6.45, 7) is 5.50. The molecule has 2 aliphatic heterocycles. The number of nitriles is 1. The summed E-state index contributed by atoms with van der Waals surface area (Å²) in [7, 11) is 0.877. The normalized spacial score (nSPS) is 22.7. The maximum atomic E-state index is 9.58. The molecule has 2 saturated heterocycles. The molecule has 0 bridgehead atoms. The predicted octanol–water partition coefficient (Wildman–Crippen LogP) is 7.39. The quantitative estimate of drug-likeness (QED) is 0.140. The van der Waals surface area contributed by atoms with Crippen molar-refractivity contribution in [3.05, 3.63) is 63.8 Å². The van der Waals surface area contributed by atoms with Crippen LogP contribution < -0.4 is 4.90 Å². The van der Waals surface area contributed by atoms with Crippen molar-refractivity contribution >= 4 is 48.4 Å². The number of halogens is 2. The highest BCUT2D eigenvalue weighted by atomic mass is 35.5. The van der Waals surface area contributed by atoms with Crippen LogP contribution in [-0.2, 0) is 20.8 Å². The first-order chi connectivity index (χ1) is 20.6. The fraction of sp³-hybridized carbons (Fsp3) is 0.531. The van der Waals surface area contributed by atoms with Gasteiger partial charge in [0.05, 0.1) is 46.8 Å². The van der Waals surface area contributed by atoms with Gasteiger partial charge in [0, 0.05) is 50.0 Å². The smallest absolute Gasteiger partial charge is 0.244 e. The maximum absolute atomic E-state index is 9.58. The van der Waals surface area contributed by atoms with Gasteiger partial charge in [-0.25, -0.2) is 0 Å². The van der Waals surface area contributed by atoms with E-state index in [1.807, 2.05) is 36.4 Å². The molecule has 3 fully saturated rings. The molecule has 2 aromatic carbocycles. The number of piperazine rings is 1. The maximum Gasteiger partial charge on any atom is 0.244 e. The number of ether oxygens (including phenoxy) is 3. The number of hydrogen-bond acceptors (Lipinski definition) is 6. The lowest BCUT2D eigenvalue weighted by Gasteiger charge is -2.36. The van der Waals surface area contributed by atoms with Crippen LogP contribution in [-0.4, -0.2) is 67.0 Å². The minimum atomic E-state index is -0.501. The zero-order chi connectivity index (χ0) is 28.9. The Morgan fingerprint density at radius 3 is 2.55 bits per heavy atom. The van der Waals surface area contributed by atoms with Crippen molar-refractivity contribution in [1.29, 1.82) is 5.26 Å². The first kappa shape index (κ1) is 30.2. The van der Waals surface area contributed by atoms with Gasteiger partial charge in [-0.2, -0.15) is 5.26 Å². The standard InChI is InChI=1S/C32H39Cl2N4O3P/c33-29-9-8-25(16-30(29)34)37-13-11-36(12-14-37)18-24-19-38(31-10-7-23(17-35)15-28(24)31)32-40-21-26(41-32)20-39-22-42-27-5-3-1-2-4-6-27/h7-10,15-16,19,26-27,32,42H,1-6,11-14,18,20-22H2. The molecular formula is C32H39Cl2N4O3P. The Balaban J connectivity index is 1.07. The van der Waals surface area contributed by atoms with Gasteiger partial charge in [0.15, 0.2) is 0 Å². The van der Waals surface area contributed by atoms with E-state index in [4.69, 9.17) is 37.4 Å². The summed E-state index contributed by atoms with van der Waals surface area (Å²) < 4.78 is 20.6. The Morgan fingerprint density at radius 2 is 1.79 bits per heavy atom. The highest BCUT2D eigenvalue weighted by Gasteiger charge is 2.30. The van der Waals surface area contributed by atoms with Crippen LogP contribution >= 0.6 is 31.8 Å². The van der Waals surface area contributed by atoms with Crippen LogP contribution in [0.5, 0.6) is 0 Å². The Bertz CT molecular complexity index is 1400. The molecule has 3 aromatic rings. The third-order valence-corrected chi connectivity index (χ3v) is 10.9. The summed E-state index contributed by atoms with van der Waals surface area (Å²) in [5.74, 6) is 0. The molecule has 3 atom stereocenters. The van der Waals surface area contributed by atoms with Gasteiger partial charge in [0.2, 0.25) is 6.41 Å². The van der Waals surface area contributed by atoms with Crippen molar-refractivity contribution in [3.63, 3.8) is 0 Å². The number of nitrogens with zero attached hydrogens (tertiary/aromatic N) is 4. The molecule has 0 N–H and O–H groups in total. The van der Waals surface area contributed by atoms with Crippen molar-refractivity contribution in [2.45, 2.75) is 63.2 Å². The molecule has 0 amide bonds. The van der Waals surface area contributed by atoms with Gasteiger partial charge in [0.1, 0.15) is 6.10 Å². The molecule has 3 aliphatic rings. The SMILES string of the molecule is N#Cc1ccc2c(c1)c(CN1CCN(c3ccc(Cl)c(Cl)c3)CC1)cn2C1OCC(COCPC2CCCCCC2)O1. The largest absolute Gasteiger partial charge is 0.374 e. The molecule has 1 aromatic heterocycles. The number of fused-ring (bicyclic) bond motifs is 1. The Kier molecular flexibility index (Phi) is 10.2. The van der Waals surface area contributed by atoms with E-state index in [-0.39, 0.29) is 6.10 Å². The molecule has 0 spiro atoms. The fourth-order valence-electron chi connectivity index (χ4n) is 6.30. The zero-order valence-corrected chi connectivity index (χ0v) is 26.5. The molecule has 3 unspecified atom stereocenters. The second-order valence-corrected chi connectivity index (χ2v) is 13.9. The number of hydrogen-bond donors (Lipinski definition) is 0. The summed E-state index contributed by atoms with van der Waals surface area (Å²) in [5, 5.41) is 11.8. The van der Waals surface area contributed by atoms with Gasteiger partial charge in [-0.15, -0.1) is 0 Å². The van der Waals surface area contributed by atoms with Gasteiger partial charge < -0.3 is 19.1 Å². The van der Waals surface area contributed by atoms with Gasteiger partial charge in [-0.05, 0) is 60.5 Å². The molecule has 42 heavy (non-hydrogen) atoms. The minimum absolute atomic E-state index is 0.0809. The van der Waals surface area contributed by atoms with E-state index in [0.717, 1.165) is 69.9 Å². The van der Waals surface area contributed by atoms with Gasteiger partial charge in [0.25, 0.3) is 0 Å². The predicted molar refractivity (Wildman–Crippen MR) is 171 cm³/mol. The first-order valence-corrected chi connectivity index (χ1v) is 17.2. The molecule has 3 heterocycles. The Hall–Kier alpha value is -1.88. The first-order valence-electron chi connectivity index (χ1n) is 15.1. The summed E-state index contributed by atoms with van der Waals surface area (Å²) in [5.41, 5.74) is 4.77. The van der Waals surface area contributed by atoms with Crippen molar-refractivity contribution in [1.82, 2.24) is 9.47 Å². The monoisotopic (exact) mass is 628 g/mol. The van der Waals surface area contributed by atoms with E-state index >= 15 is 0 Å². The number of rotatable bonds is 9. The summed E-state index contributed by atoms with van der Waals surface area (Å²) in [6.07, 6.45) is 10.6. The average molecular weight is 630 g/mol. The highest BCUT2D eigenvalue weighted by molar-refractivity contribution is 7.38. The molecule has 0 radical (unpaired) electrons. The van der Waals surface area contributed by atoms with Crippen molar-refractivity contribution in [2.75, 3.05) is 50.6 Å². The molecule has 10 heteroatoms. The van der Waals surface area contributed by atoms with Crippen molar-refractivity contribution < 1.29 is 14.2 Å². The van der Waals surface area contributed by atoms with E-state index < -0.39 is 6.41 Å². The third-order valence-electron chi connectivity index (χ3n) is 8.67. The van der Waals surface area contributed by atoms with Crippen LogP contribution in [0.1, 0.15) is 56.1 Å². The van der Waals surface area contributed by atoms with Crippen LogP contribution in [0.3, 0.4) is 0 Å².